The Kier molecular flexibility index (Phi) is 3.13. The van der Waals surface area contributed by atoms with Crippen LogP contribution in [0, 0.1) is 0 Å². The second-order valence-corrected chi connectivity index (χ2v) is 3.62. The van der Waals surface area contributed by atoms with Crippen LogP contribution in [-0.2, 0) is 13.1 Å². The SMILES string of the molecule is CCn1cc(N)cc1C(=O)NCc1ccon1. The monoisotopic (exact) mass is 234 g/mol. The van der Waals surface area contributed by atoms with Crippen molar-refractivity contribution >= 4 is 11.6 Å². The fourth-order valence-corrected chi connectivity index (χ4v) is 1.58. The van der Waals surface area contributed by atoms with Gasteiger partial charge in [0.2, 0.25) is 0 Å². The van der Waals surface area contributed by atoms with Gasteiger partial charge < -0.3 is 20.1 Å². The molecule has 0 saturated carbocycles. The summed E-state index contributed by atoms with van der Waals surface area (Å²) in [5.41, 5.74) is 7.47. The van der Waals surface area contributed by atoms with E-state index < -0.39 is 0 Å². The van der Waals surface area contributed by atoms with Crippen molar-refractivity contribution in [2.75, 3.05) is 5.73 Å². The van der Waals surface area contributed by atoms with Crippen molar-refractivity contribution in [1.29, 1.82) is 0 Å². The summed E-state index contributed by atoms with van der Waals surface area (Å²) in [4.78, 5) is 11.9. The maximum Gasteiger partial charge on any atom is 0.268 e. The second-order valence-electron chi connectivity index (χ2n) is 3.62. The molecule has 0 atom stereocenters. The Balaban J connectivity index is 2.04. The zero-order valence-corrected chi connectivity index (χ0v) is 9.51. The maximum atomic E-state index is 11.9. The fourth-order valence-electron chi connectivity index (χ4n) is 1.58. The first kappa shape index (κ1) is 11.3. The van der Waals surface area contributed by atoms with Gasteiger partial charge in [-0.3, -0.25) is 4.79 Å². The third-order valence-electron chi connectivity index (χ3n) is 2.41. The summed E-state index contributed by atoms with van der Waals surface area (Å²) in [5, 5.41) is 6.46. The molecule has 3 N–H and O–H groups in total. The van der Waals surface area contributed by atoms with Crippen LogP contribution in [-0.4, -0.2) is 15.6 Å². The zero-order chi connectivity index (χ0) is 12.3. The lowest BCUT2D eigenvalue weighted by Crippen LogP contribution is -2.25. The first-order valence-electron chi connectivity index (χ1n) is 5.33. The number of aromatic nitrogens is 2. The smallest absolute Gasteiger partial charge is 0.268 e. The molecule has 1 amide bonds. The molecule has 2 aromatic heterocycles. The zero-order valence-electron chi connectivity index (χ0n) is 9.51. The molecule has 0 aliphatic rings. The minimum Gasteiger partial charge on any atom is -0.397 e. The largest absolute Gasteiger partial charge is 0.397 e. The maximum absolute atomic E-state index is 11.9. The molecule has 90 valence electrons. The van der Waals surface area contributed by atoms with E-state index in [2.05, 4.69) is 15.0 Å². The molecule has 0 aromatic carbocycles. The molecule has 0 spiro atoms. The van der Waals surface area contributed by atoms with Crippen molar-refractivity contribution in [3.63, 3.8) is 0 Å². The highest BCUT2D eigenvalue weighted by Gasteiger charge is 2.11. The number of nitrogen functional groups attached to an aromatic ring is 1. The Morgan fingerprint density at radius 1 is 1.65 bits per heavy atom. The number of anilines is 1. The van der Waals surface area contributed by atoms with Crippen molar-refractivity contribution < 1.29 is 9.32 Å². The minimum absolute atomic E-state index is 0.174. The number of hydrogen-bond donors (Lipinski definition) is 2. The first-order chi connectivity index (χ1) is 8.20. The highest BCUT2D eigenvalue weighted by Crippen LogP contribution is 2.10. The lowest BCUT2D eigenvalue weighted by Gasteiger charge is -2.05. The number of nitrogens with two attached hydrogens (primary N) is 1. The number of rotatable bonds is 4. The first-order valence-corrected chi connectivity index (χ1v) is 5.33. The fraction of sp³-hybridized carbons (Fsp3) is 0.273. The predicted molar refractivity (Wildman–Crippen MR) is 62.2 cm³/mol. The summed E-state index contributed by atoms with van der Waals surface area (Å²) >= 11 is 0. The second kappa shape index (κ2) is 4.73. The molecule has 2 heterocycles. The van der Waals surface area contributed by atoms with Crippen LogP contribution in [0.5, 0.6) is 0 Å². The topological polar surface area (TPSA) is 86.1 Å². The van der Waals surface area contributed by atoms with Crippen LogP contribution < -0.4 is 11.1 Å². The Labute approximate surface area is 98.4 Å². The average Bonchev–Trinajstić information content (AvgIpc) is 2.94. The summed E-state index contributed by atoms with van der Waals surface area (Å²) < 4.78 is 6.47. The van der Waals surface area contributed by atoms with Crippen molar-refractivity contribution in [3.05, 3.63) is 36.0 Å². The van der Waals surface area contributed by atoms with Crippen molar-refractivity contribution in [2.45, 2.75) is 20.0 Å². The molecule has 6 nitrogen and oxygen atoms in total. The number of nitrogens with zero attached hydrogens (tertiary/aromatic N) is 2. The summed E-state index contributed by atoms with van der Waals surface area (Å²) in [7, 11) is 0. The molecule has 0 aliphatic carbocycles. The molecule has 6 heteroatoms. The van der Waals surface area contributed by atoms with Crippen LogP contribution in [0.3, 0.4) is 0 Å². The molecule has 0 aliphatic heterocycles. The van der Waals surface area contributed by atoms with Crippen molar-refractivity contribution in [1.82, 2.24) is 15.0 Å². The molecular weight excluding hydrogens is 220 g/mol. The van der Waals surface area contributed by atoms with Crippen LogP contribution in [0.15, 0.2) is 29.1 Å². The van der Waals surface area contributed by atoms with E-state index in [1.165, 1.54) is 6.26 Å². The van der Waals surface area contributed by atoms with Gasteiger partial charge in [-0.05, 0) is 13.0 Å². The molecule has 0 saturated heterocycles. The molecule has 0 bridgehead atoms. The standard InChI is InChI=1S/C11H14N4O2/c1-2-15-7-8(12)5-10(15)11(16)13-6-9-3-4-17-14-9/h3-5,7H,2,6,12H2,1H3,(H,13,16). The quantitative estimate of drug-likeness (QED) is 0.826. The molecule has 2 aromatic rings. The van der Waals surface area contributed by atoms with Gasteiger partial charge in [0.25, 0.3) is 5.91 Å². The van der Waals surface area contributed by atoms with Crippen molar-refractivity contribution in [2.24, 2.45) is 0 Å². The number of carbonyl (C=O) groups excluding carboxylic acids is 1. The van der Waals surface area contributed by atoms with E-state index in [1.807, 2.05) is 6.92 Å². The molecule has 0 fully saturated rings. The van der Waals surface area contributed by atoms with Crippen molar-refractivity contribution in [3.8, 4) is 0 Å². The van der Waals surface area contributed by atoms with Crippen LogP contribution in [0.25, 0.3) is 0 Å². The van der Waals surface area contributed by atoms with Gasteiger partial charge in [0.15, 0.2) is 0 Å². The number of aryl methyl sites for hydroxylation is 1. The van der Waals surface area contributed by atoms with E-state index >= 15 is 0 Å². The summed E-state index contributed by atoms with van der Waals surface area (Å²) in [6.45, 7) is 2.99. The van der Waals surface area contributed by atoms with E-state index in [1.54, 1.807) is 22.9 Å². The Bertz CT molecular complexity index is 502. The van der Waals surface area contributed by atoms with E-state index in [-0.39, 0.29) is 5.91 Å². The van der Waals surface area contributed by atoms with Gasteiger partial charge >= 0.3 is 0 Å². The summed E-state index contributed by atoms with van der Waals surface area (Å²) in [6, 6.07) is 3.36. The van der Waals surface area contributed by atoms with Gasteiger partial charge in [-0.2, -0.15) is 0 Å². The third-order valence-corrected chi connectivity index (χ3v) is 2.41. The number of carbonyl (C=O) groups is 1. The van der Waals surface area contributed by atoms with Crippen LogP contribution >= 0.6 is 0 Å². The Morgan fingerprint density at radius 2 is 2.47 bits per heavy atom. The van der Waals surface area contributed by atoms with Crippen LogP contribution in [0.4, 0.5) is 5.69 Å². The summed E-state index contributed by atoms with van der Waals surface area (Å²) in [5.74, 6) is -0.174. The number of amides is 1. The van der Waals surface area contributed by atoms with Gasteiger partial charge in [0.1, 0.15) is 17.7 Å². The predicted octanol–water partition coefficient (Wildman–Crippen LogP) is 1.01. The molecular formula is C11H14N4O2. The van der Waals surface area contributed by atoms with E-state index in [0.29, 0.717) is 30.2 Å². The highest BCUT2D eigenvalue weighted by molar-refractivity contribution is 5.93. The van der Waals surface area contributed by atoms with Crippen LogP contribution in [0.2, 0.25) is 0 Å². The highest BCUT2D eigenvalue weighted by atomic mass is 16.5. The summed E-state index contributed by atoms with van der Waals surface area (Å²) in [6.07, 6.45) is 3.21. The molecule has 2 rings (SSSR count). The van der Waals surface area contributed by atoms with Gasteiger partial charge in [-0.25, -0.2) is 0 Å². The van der Waals surface area contributed by atoms with E-state index in [9.17, 15) is 4.79 Å². The molecule has 0 unspecified atom stereocenters. The van der Waals surface area contributed by atoms with Gasteiger partial charge in [0, 0.05) is 18.8 Å². The van der Waals surface area contributed by atoms with Gasteiger partial charge in [0.05, 0.1) is 12.2 Å². The van der Waals surface area contributed by atoms with E-state index in [0.717, 1.165) is 0 Å². The molecule has 17 heavy (non-hydrogen) atoms. The molecule has 0 radical (unpaired) electrons. The van der Waals surface area contributed by atoms with Gasteiger partial charge in [-0.15, -0.1) is 0 Å². The lowest BCUT2D eigenvalue weighted by molar-refractivity contribution is 0.0941. The minimum atomic E-state index is -0.174. The van der Waals surface area contributed by atoms with E-state index in [4.69, 9.17) is 5.73 Å². The lowest BCUT2D eigenvalue weighted by atomic mass is 10.3. The van der Waals surface area contributed by atoms with Crippen LogP contribution in [0.1, 0.15) is 23.1 Å². The Morgan fingerprint density at radius 3 is 3.12 bits per heavy atom. The third kappa shape index (κ3) is 2.47. The number of nitrogens with one attached hydrogen (secondary N) is 1. The Hall–Kier alpha value is -2.24. The average molecular weight is 234 g/mol. The van der Waals surface area contributed by atoms with Gasteiger partial charge in [-0.1, -0.05) is 5.16 Å². The number of hydrogen-bond acceptors (Lipinski definition) is 4. The normalized spacial score (nSPS) is 10.4.